The topological polar surface area (TPSA) is 113 Å². The van der Waals surface area contributed by atoms with Crippen molar-refractivity contribution in [3.8, 4) is 0 Å². The molecular formula is C17H28N4O4. The molecular weight excluding hydrogens is 324 g/mol. The van der Waals surface area contributed by atoms with Crippen LogP contribution in [0.2, 0.25) is 0 Å². The number of nitrogens with zero attached hydrogens (tertiary/aromatic N) is 3. The first-order valence-electron chi connectivity index (χ1n) is 9.05. The minimum absolute atomic E-state index is 0.103. The van der Waals surface area contributed by atoms with Crippen molar-refractivity contribution >= 4 is 11.2 Å². The zero-order chi connectivity index (χ0) is 18.2. The predicted molar refractivity (Wildman–Crippen MR) is 95.7 cm³/mol. The number of imidazole rings is 1. The molecule has 2 heterocycles. The summed E-state index contributed by atoms with van der Waals surface area (Å²) in [5.74, 6) is 0. The maximum atomic E-state index is 12.6. The van der Waals surface area contributed by atoms with Crippen molar-refractivity contribution in [3.05, 3.63) is 27.2 Å². The number of rotatable bonds is 11. The van der Waals surface area contributed by atoms with Crippen LogP contribution in [0.5, 0.6) is 0 Å². The minimum atomic E-state index is -0.454. The molecule has 140 valence electrons. The number of hydrogen-bond donors (Lipinski definition) is 3. The number of H-pyrrole nitrogens is 1. The first-order valence-corrected chi connectivity index (χ1v) is 9.05. The number of nitrogens with one attached hydrogen (secondary N) is 1. The van der Waals surface area contributed by atoms with Gasteiger partial charge >= 0.3 is 5.69 Å². The average molecular weight is 352 g/mol. The molecule has 0 spiro atoms. The fraction of sp³-hybridized carbons (Fsp3) is 0.706. The van der Waals surface area contributed by atoms with Gasteiger partial charge in [-0.2, -0.15) is 0 Å². The lowest BCUT2D eigenvalue weighted by Crippen LogP contribution is -2.35. The summed E-state index contributed by atoms with van der Waals surface area (Å²) < 4.78 is 2.75. The summed E-state index contributed by atoms with van der Waals surface area (Å²) in [4.78, 5) is 31.3. The molecule has 0 amide bonds. The predicted octanol–water partition coefficient (Wildman–Crippen LogP) is 0.990. The van der Waals surface area contributed by atoms with Crippen LogP contribution in [0.1, 0.15) is 51.9 Å². The zero-order valence-corrected chi connectivity index (χ0v) is 14.8. The standard InChI is InChI=1S/C17H28N4O4/c1-2-7-13(23)8-5-3-4-6-9-21-16(24)14-15(19-17(21)25)18-12-20(14)10-11-22/h12-13,22-23H,2-11H2,1H3,(H,19,25). The average Bonchev–Trinajstić information content (AvgIpc) is 2.96. The van der Waals surface area contributed by atoms with Crippen molar-refractivity contribution in [1.82, 2.24) is 19.1 Å². The van der Waals surface area contributed by atoms with E-state index in [1.807, 2.05) is 0 Å². The van der Waals surface area contributed by atoms with Gasteiger partial charge in [0.2, 0.25) is 0 Å². The van der Waals surface area contributed by atoms with Gasteiger partial charge in [-0.1, -0.05) is 32.6 Å². The third-order valence-electron chi connectivity index (χ3n) is 4.39. The maximum Gasteiger partial charge on any atom is 0.330 e. The number of unbranched alkanes of at least 4 members (excludes halogenated alkanes) is 3. The van der Waals surface area contributed by atoms with Crippen LogP contribution in [-0.4, -0.2) is 42.0 Å². The first-order chi connectivity index (χ1) is 12.1. The second-order valence-electron chi connectivity index (χ2n) is 6.39. The molecule has 8 heteroatoms. The van der Waals surface area contributed by atoms with Crippen LogP contribution in [0, 0.1) is 0 Å². The van der Waals surface area contributed by atoms with Gasteiger partial charge in [-0.05, 0) is 19.3 Å². The molecule has 0 bridgehead atoms. The fourth-order valence-corrected chi connectivity index (χ4v) is 3.05. The van der Waals surface area contributed by atoms with E-state index in [2.05, 4.69) is 16.9 Å². The highest BCUT2D eigenvalue weighted by Gasteiger charge is 2.12. The van der Waals surface area contributed by atoms with Crippen molar-refractivity contribution in [2.24, 2.45) is 0 Å². The van der Waals surface area contributed by atoms with Crippen LogP contribution in [-0.2, 0) is 13.1 Å². The van der Waals surface area contributed by atoms with Gasteiger partial charge in [-0.25, -0.2) is 9.78 Å². The third kappa shape index (κ3) is 5.02. The van der Waals surface area contributed by atoms with Crippen molar-refractivity contribution in [2.75, 3.05) is 6.61 Å². The Labute approximate surface area is 146 Å². The third-order valence-corrected chi connectivity index (χ3v) is 4.39. The van der Waals surface area contributed by atoms with E-state index in [4.69, 9.17) is 5.11 Å². The molecule has 0 aliphatic rings. The monoisotopic (exact) mass is 352 g/mol. The molecule has 3 N–H and O–H groups in total. The van der Waals surface area contributed by atoms with Crippen LogP contribution in [0.3, 0.4) is 0 Å². The molecule has 2 rings (SSSR count). The normalized spacial score (nSPS) is 12.8. The molecule has 0 aromatic carbocycles. The molecule has 0 saturated carbocycles. The molecule has 8 nitrogen and oxygen atoms in total. The van der Waals surface area contributed by atoms with Gasteiger partial charge in [0.15, 0.2) is 11.2 Å². The highest BCUT2D eigenvalue weighted by Crippen LogP contribution is 2.10. The summed E-state index contributed by atoms with van der Waals surface area (Å²) in [7, 11) is 0. The Morgan fingerprint density at radius 3 is 2.64 bits per heavy atom. The Bertz CT molecular complexity index is 777. The quantitative estimate of drug-likeness (QED) is 0.522. The van der Waals surface area contributed by atoms with E-state index in [0.29, 0.717) is 12.1 Å². The van der Waals surface area contributed by atoms with Crippen LogP contribution in [0.4, 0.5) is 0 Å². The molecule has 2 aromatic rings. The van der Waals surface area contributed by atoms with E-state index in [9.17, 15) is 14.7 Å². The Hall–Kier alpha value is -1.93. The van der Waals surface area contributed by atoms with Gasteiger partial charge in [-0.15, -0.1) is 0 Å². The smallest absolute Gasteiger partial charge is 0.330 e. The zero-order valence-electron chi connectivity index (χ0n) is 14.8. The molecule has 2 aromatic heterocycles. The molecule has 1 atom stereocenters. The van der Waals surface area contributed by atoms with Gasteiger partial charge in [0.25, 0.3) is 5.56 Å². The van der Waals surface area contributed by atoms with Crippen LogP contribution < -0.4 is 11.2 Å². The van der Waals surface area contributed by atoms with Crippen molar-refractivity contribution in [3.63, 3.8) is 0 Å². The van der Waals surface area contributed by atoms with Gasteiger partial charge in [0.1, 0.15) is 0 Å². The number of aromatic nitrogens is 4. The molecule has 0 saturated heterocycles. The minimum Gasteiger partial charge on any atom is -0.395 e. The summed E-state index contributed by atoms with van der Waals surface area (Å²) in [5, 5.41) is 18.8. The lowest BCUT2D eigenvalue weighted by atomic mass is 10.1. The summed E-state index contributed by atoms with van der Waals surface area (Å²) in [5.41, 5.74) is -0.255. The Balaban J connectivity index is 1.94. The number of aliphatic hydroxyl groups excluding tert-OH is 2. The summed E-state index contributed by atoms with van der Waals surface area (Å²) >= 11 is 0. The Morgan fingerprint density at radius 1 is 1.16 bits per heavy atom. The largest absolute Gasteiger partial charge is 0.395 e. The summed E-state index contributed by atoms with van der Waals surface area (Å²) in [6, 6.07) is 0. The van der Waals surface area contributed by atoms with Crippen molar-refractivity contribution < 1.29 is 10.2 Å². The Morgan fingerprint density at radius 2 is 1.92 bits per heavy atom. The number of hydrogen-bond acceptors (Lipinski definition) is 5. The second kappa shape index (κ2) is 9.53. The molecule has 0 radical (unpaired) electrons. The molecule has 0 fully saturated rings. The Kier molecular flexibility index (Phi) is 7.39. The molecule has 1 unspecified atom stereocenters. The maximum absolute atomic E-state index is 12.6. The van der Waals surface area contributed by atoms with E-state index < -0.39 is 5.69 Å². The summed E-state index contributed by atoms with van der Waals surface area (Å²) in [6.45, 7) is 2.57. The highest BCUT2D eigenvalue weighted by molar-refractivity contribution is 5.69. The van der Waals surface area contributed by atoms with Crippen LogP contribution in [0.25, 0.3) is 11.2 Å². The number of fused-ring (bicyclic) bond motifs is 1. The van der Waals surface area contributed by atoms with E-state index >= 15 is 0 Å². The number of aliphatic hydroxyl groups is 2. The van der Waals surface area contributed by atoms with E-state index in [1.165, 1.54) is 10.9 Å². The van der Waals surface area contributed by atoms with E-state index in [1.54, 1.807) is 4.57 Å². The van der Waals surface area contributed by atoms with Crippen LogP contribution >= 0.6 is 0 Å². The van der Waals surface area contributed by atoms with Gasteiger partial charge in [0, 0.05) is 13.1 Å². The van der Waals surface area contributed by atoms with Gasteiger partial charge in [-0.3, -0.25) is 14.3 Å². The SMILES string of the molecule is CCCC(O)CCCCCCn1c(=O)[nH]c2ncn(CCO)c2c1=O. The lowest BCUT2D eigenvalue weighted by Gasteiger charge is -2.09. The van der Waals surface area contributed by atoms with Crippen molar-refractivity contribution in [2.45, 2.75) is 71.1 Å². The summed E-state index contributed by atoms with van der Waals surface area (Å²) in [6.07, 6.45) is 7.42. The van der Waals surface area contributed by atoms with Crippen LogP contribution in [0.15, 0.2) is 15.9 Å². The first kappa shape index (κ1) is 19.4. The fourth-order valence-electron chi connectivity index (χ4n) is 3.05. The van der Waals surface area contributed by atoms with Gasteiger partial charge < -0.3 is 14.8 Å². The molecule has 0 aliphatic heterocycles. The van der Waals surface area contributed by atoms with E-state index in [0.717, 1.165) is 44.9 Å². The highest BCUT2D eigenvalue weighted by atomic mass is 16.3. The van der Waals surface area contributed by atoms with Crippen molar-refractivity contribution in [1.29, 1.82) is 0 Å². The van der Waals surface area contributed by atoms with E-state index in [-0.39, 0.29) is 30.5 Å². The number of aromatic amines is 1. The van der Waals surface area contributed by atoms with Gasteiger partial charge in [0.05, 0.1) is 19.0 Å². The lowest BCUT2D eigenvalue weighted by molar-refractivity contribution is 0.150. The molecule has 0 aliphatic carbocycles. The molecule has 25 heavy (non-hydrogen) atoms. The second-order valence-corrected chi connectivity index (χ2v) is 6.39.